The number of ether oxygens (including phenoxy) is 1. The summed E-state index contributed by atoms with van der Waals surface area (Å²) in [5, 5.41) is 18.7. The van der Waals surface area contributed by atoms with Gasteiger partial charge in [-0.2, -0.15) is 0 Å². The van der Waals surface area contributed by atoms with E-state index in [1.54, 1.807) is 7.11 Å². The molecule has 2 aromatic carbocycles. The van der Waals surface area contributed by atoms with Gasteiger partial charge in [0.2, 0.25) is 17.7 Å². The summed E-state index contributed by atoms with van der Waals surface area (Å²) in [7, 11) is 1.63. The molecular weight excluding hydrogens is 460 g/mol. The molecule has 0 unspecified atom stereocenters. The van der Waals surface area contributed by atoms with Crippen LogP contribution in [0.1, 0.15) is 30.9 Å². The number of aromatic nitrogens is 5. The van der Waals surface area contributed by atoms with Crippen molar-refractivity contribution in [2.75, 3.05) is 25.1 Å². The normalized spacial score (nSPS) is 14.6. The third-order valence-corrected chi connectivity index (χ3v) is 6.86. The summed E-state index contributed by atoms with van der Waals surface area (Å²) < 4.78 is 13.2. The van der Waals surface area contributed by atoms with Gasteiger partial charge >= 0.3 is 0 Å². The molecule has 8 nitrogen and oxygen atoms in total. The second-order valence-corrected chi connectivity index (χ2v) is 9.41. The Labute approximate surface area is 200 Å². The number of para-hydroxylation sites is 1. The molecule has 0 N–H and O–H groups in total. The van der Waals surface area contributed by atoms with E-state index in [0.29, 0.717) is 16.8 Å². The van der Waals surface area contributed by atoms with Crippen molar-refractivity contribution in [3.8, 4) is 22.9 Å². The Morgan fingerprint density at radius 1 is 1.00 bits per heavy atom. The number of halogens is 1. The lowest BCUT2D eigenvalue weighted by molar-refractivity contribution is 0.415. The zero-order chi connectivity index (χ0) is 22.8. The minimum Gasteiger partial charge on any atom is -0.497 e. The van der Waals surface area contributed by atoms with Gasteiger partial charge in [-0.05, 0) is 56.2 Å². The molecule has 33 heavy (non-hydrogen) atoms. The van der Waals surface area contributed by atoms with Gasteiger partial charge in [0.15, 0.2) is 5.16 Å². The van der Waals surface area contributed by atoms with Crippen LogP contribution in [0.15, 0.2) is 58.1 Å². The minimum atomic E-state index is -0.138. The first-order valence-corrected chi connectivity index (χ1v) is 12.0. The van der Waals surface area contributed by atoms with E-state index in [1.165, 1.54) is 11.8 Å². The van der Waals surface area contributed by atoms with Crippen molar-refractivity contribution in [2.45, 2.75) is 30.2 Å². The maximum absolute atomic E-state index is 6.56. The number of anilines is 1. The SMILES string of the molecule is COc1ccc(-c2nnc([C@@H](C)Sc3nnc(N4CCCC4)n3-c3ccccc3Cl)o2)cc1. The standard InChI is InChI=1S/C23H23ClN6O2S/c1-15(20-25-26-21(32-20)16-9-11-17(31-2)12-10-16)33-23-28-27-22(29-13-5-6-14-29)30(23)19-8-4-3-7-18(19)24/h3-4,7-12,15H,5-6,13-14H2,1-2H3/t15-/m1/s1. The highest BCUT2D eigenvalue weighted by Crippen LogP contribution is 2.38. The second-order valence-electron chi connectivity index (χ2n) is 7.70. The number of methoxy groups -OCH3 is 1. The van der Waals surface area contributed by atoms with Gasteiger partial charge in [-0.3, -0.25) is 4.57 Å². The van der Waals surface area contributed by atoms with E-state index in [1.807, 2.05) is 60.0 Å². The van der Waals surface area contributed by atoms with Gasteiger partial charge in [-0.15, -0.1) is 20.4 Å². The van der Waals surface area contributed by atoms with Gasteiger partial charge in [0.25, 0.3) is 0 Å². The van der Waals surface area contributed by atoms with Crippen LogP contribution in [-0.4, -0.2) is 45.2 Å². The first kappa shape index (κ1) is 21.8. The third kappa shape index (κ3) is 4.43. The van der Waals surface area contributed by atoms with E-state index in [0.717, 1.165) is 54.0 Å². The highest BCUT2D eigenvalue weighted by Gasteiger charge is 2.26. The highest BCUT2D eigenvalue weighted by atomic mass is 35.5. The number of hydrogen-bond acceptors (Lipinski definition) is 8. The van der Waals surface area contributed by atoms with Gasteiger partial charge in [0.1, 0.15) is 5.75 Å². The summed E-state index contributed by atoms with van der Waals surface area (Å²) in [6.07, 6.45) is 2.29. The van der Waals surface area contributed by atoms with Crippen molar-refractivity contribution < 1.29 is 9.15 Å². The van der Waals surface area contributed by atoms with Crippen LogP contribution in [0.5, 0.6) is 5.75 Å². The molecule has 1 atom stereocenters. The van der Waals surface area contributed by atoms with Gasteiger partial charge in [-0.1, -0.05) is 35.5 Å². The van der Waals surface area contributed by atoms with Crippen molar-refractivity contribution in [3.05, 3.63) is 59.4 Å². The van der Waals surface area contributed by atoms with E-state index in [2.05, 4.69) is 25.3 Å². The molecule has 0 bridgehead atoms. The Hall–Kier alpha value is -3.04. The Morgan fingerprint density at radius 3 is 2.48 bits per heavy atom. The fourth-order valence-corrected chi connectivity index (χ4v) is 4.87. The topological polar surface area (TPSA) is 82.1 Å². The van der Waals surface area contributed by atoms with Crippen LogP contribution in [0.3, 0.4) is 0 Å². The lowest BCUT2D eigenvalue weighted by atomic mass is 10.2. The molecule has 1 aliphatic heterocycles. The van der Waals surface area contributed by atoms with Crippen molar-refractivity contribution in [2.24, 2.45) is 0 Å². The summed E-state index contributed by atoms with van der Waals surface area (Å²) in [5.74, 6) is 2.56. The summed E-state index contributed by atoms with van der Waals surface area (Å²) in [4.78, 5) is 2.25. The van der Waals surface area contributed by atoms with E-state index < -0.39 is 0 Å². The summed E-state index contributed by atoms with van der Waals surface area (Å²) in [6.45, 7) is 3.92. The first-order valence-electron chi connectivity index (χ1n) is 10.7. The fourth-order valence-electron chi connectivity index (χ4n) is 3.76. The number of thioether (sulfide) groups is 1. The van der Waals surface area contributed by atoms with E-state index in [-0.39, 0.29) is 5.25 Å². The number of benzene rings is 2. The molecule has 0 radical (unpaired) electrons. The summed E-state index contributed by atoms with van der Waals surface area (Å²) in [6, 6.07) is 15.3. The van der Waals surface area contributed by atoms with E-state index in [4.69, 9.17) is 20.8 Å². The van der Waals surface area contributed by atoms with Crippen LogP contribution in [-0.2, 0) is 0 Å². The lowest BCUT2D eigenvalue weighted by Gasteiger charge is -2.19. The van der Waals surface area contributed by atoms with Crippen molar-refractivity contribution >= 4 is 29.3 Å². The molecule has 5 rings (SSSR count). The minimum absolute atomic E-state index is 0.138. The third-order valence-electron chi connectivity index (χ3n) is 5.51. The molecule has 4 aromatic rings. The molecule has 0 aliphatic carbocycles. The van der Waals surface area contributed by atoms with Crippen molar-refractivity contribution in [3.63, 3.8) is 0 Å². The van der Waals surface area contributed by atoms with Gasteiger partial charge in [0.05, 0.1) is 23.1 Å². The van der Waals surface area contributed by atoms with Gasteiger partial charge in [0, 0.05) is 18.7 Å². The van der Waals surface area contributed by atoms with Crippen molar-refractivity contribution in [1.29, 1.82) is 0 Å². The predicted molar refractivity (Wildman–Crippen MR) is 128 cm³/mol. The molecule has 10 heteroatoms. The molecule has 2 aromatic heterocycles. The Morgan fingerprint density at radius 2 is 1.76 bits per heavy atom. The monoisotopic (exact) mass is 482 g/mol. The molecule has 1 saturated heterocycles. The van der Waals surface area contributed by atoms with Crippen LogP contribution in [0.25, 0.3) is 17.1 Å². The quantitative estimate of drug-likeness (QED) is 0.322. The first-order chi connectivity index (χ1) is 16.1. The Kier molecular flexibility index (Phi) is 6.24. The number of nitrogens with zero attached hydrogens (tertiary/aromatic N) is 6. The van der Waals surface area contributed by atoms with E-state index >= 15 is 0 Å². The Balaban J connectivity index is 1.43. The van der Waals surface area contributed by atoms with Crippen LogP contribution < -0.4 is 9.64 Å². The number of hydrogen-bond donors (Lipinski definition) is 0. The predicted octanol–water partition coefficient (Wildman–Crippen LogP) is 5.43. The molecular formula is C23H23ClN6O2S. The average molecular weight is 483 g/mol. The average Bonchev–Trinajstić information content (AvgIpc) is 3.60. The molecule has 1 fully saturated rings. The second kappa shape index (κ2) is 9.44. The molecule has 0 spiro atoms. The van der Waals surface area contributed by atoms with Crippen molar-refractivity contribution in [1.82, 2.24) is 25.0 Å². The van der Waals surface area contributed by atoms with E-state index in [9.17, 15) is 0 Å². The highest BCUT2D eigenvalue weighted by molar-refractivity contribution is 7.99. The molecule has 170 valence electrons. The van der Waals surface area contributed by atoms with Crippen LogP contribution >= 0.6 is 23.4 Å². The summed E-state index contributed by atoms with van der Waals surface area (Å²) in [5.41, 5.74) is 1.69. The maximum Gasteiger partial charge on any atom is 0.247 e. The van der Waals surface area contributed by atoms with Crippen LogP contribution in [0.4, 0.5) is 5.95 Å². The Bertz CT molecular complexity index is 1240. The van der Waals surface area contributed by atoms with Crippen LogP contribution in [0.2, 0.25) is 5.02 Å². The molecule has 0 amide bonds. The smallest absolute Gasteiger partial charge is 0.247 e. The molecule has 3 heterocycles. The van der Waals surface area contributed by atoms with Gasteiger partial charge in [-0.25, -0.2) is 0 Å². The zero-order valence-electron chi connectivity index (χ0n) is 18.3. The lowest BCUT2D eigenvalue weighted by Crippen LogP contribution is -2.22. The van der Waals surface area contributed by atoms with Gasteiger partial charge < -0.3 is 14.1 Å². The maximum atomic E-state index is 6.56. The zero-order valence-corrected chi connectivity index (χ0v) is 19.9. The fraction of sp³-hybridized carbons (Fsp3) is 0.304. The largest absolute Gasteiger partial charge is 0.497 e. The van der Waals surface area contributed by atoms with Crippen LogP contribution in [0, 0.1) is 0 Å². The molecule has 1 aliphatic rings. The molecule has 0 saturated carbocycles. The summed E-state index contributed by atoms with van der Waals surface area (Å²) >= 11 is 8.07. The number of rotatable bonds is 7.